The number of benzene rings is 2. The summed E-state index contributed by atoms with van der Waals surface area (Å²) in [4.78, 5) is 23.5. The van der Waals surface area contributed by atoms with Crippen LogP contribution in [0.4, 0.5) is 0 Å². The Bertz CT molecular complexity index is 668. The fourth-order valence-electron chi connectivity index (χ4n) is 1.84. The fourth-order valence-corrected chi connectivity index (χ4v) is 1.96. The second kappa shape index (κ2) is 7.61. The number of halogens is 1. The van der Waals surface area contributed by atoms with Crippen LogP contribution in [0.2, 0.25) is 5.02 Å². The van der Waals surface area contributed by atoms with E-state index < -0.39 is 5.97 Å². The third-order valence-electron chi connectivity index (χ3n) is 2.99. The summed E-state index contributed by atoms with van der Waals surface area (Å²) in [5, 5.41) is 3.16. The third kappa shape index (κ3) is 4.90. The zero-order valence-electron chi connectivity index (χ0n) is 12.1. The molecule has 0 saturated carbocycles. The Kier molecular flexibility index (Phi) is 5.55. The van der Waals surface area contributed by atoms with Crippen LogP contribution in [-0.2, 0) is 16.1 Å². The zero-order chi connectivity index (χ0) is 15.9. The smallest absolute Gasteiger partial charge is 0.325 e. The molecule has 0 aliphatic carbocycles. The number of carbonyl (C=O) groups excluding carboxylic acids is 2. The first-order valence-electron chi connectivity index (χ1n) is 6.79. The Labute approximate surface area is 134 Å². The SMILES string of the molecule is Cc1cccc(C(=O)NCC(=O)OCc2ccc(Cl)cc2)c1. The van der Waals surface area contributed by atoms with Crippen LogP contribution in [0.5, 0.6) is 0 Å². The number of hydrogen-bond acceptors (Lipinski definition) is 3. The molecule has 4 nitrogen and oxygen atoms in total. The van der Waals surface area contributed by atoms with Crippen LogP contribution in [0.25, 0.3) is 0 Å². The minimum Gasteiger partial charge on any atom is -0.460 e. The van der Waals surface area contributed by atoms with Gasteiger partial charge in [-0.1, -0.05) is 41.4 Å². The molecule has 0 aromatic heterocycles. The molecule has 2 aromatic rings. The van der Waals surface area contributed by atoms with Crippen molar-refractivity contribution >= 4 is 23.5 Å². The maximum atomic E-state index is 11.9. The van der Waals surface area contributed by atoms with Crippen molar-refractivity contribution in [3.8, 4) is 0 Å². The van der Waals surface area contributed by atoms with Crippen LogP contribution in [0.1, 0.15) is 21.5 Å². The molecule has 0 aliphatic heterocycles. The van der Waals surface area contributed by atoms with E-state index >= 15 is 0 Å². The molecule has 0 unspecified atom stereocenters. The van der Waals surface area contributed by atoms with Gasteiger partial charge in [-0.2, -0.15) is 0 Å². The van der Waals surface area contributed by atoms with Gasteiger partial charge in [0.2, 0.25) is 0 Å². The van der Waals surface area contributed by atoms with Crippen LogP contribution < -0.4 is 5.32 Å². The van der Waals surface area contributed by atoms with E-state index in [1.807, 2.05) is 13.0 Å². The number of rotatable bonds is 5. The van der Waals surface area contributed by atoms with Crippen molar-refractivity contribution in [3.05, 3.63) is 70.2 Å². The van der Waals surface area contributed by atoms with Gasteiger partial charge in [0.15, 0.2) is 0 Å². The molecule has 0 bridgehead atoms. The molecule has 0 spiro atoms. The van der Waals surface area contributed by atoms with Gasteiger partial charge in [0.05, 0.1) is 0 Å². The van der Waals surface area contributed by atoms with Crippen molar-refractivity contribution in [2.75, 3.05) is 6.54 Å². The van der Waals surface area contributed by atoms with Gasteiger partial charge in [-0.3, -0.25) is 9.59 Å². The summed E-state index contributed by atoms with van der Waals surface area (Å²) in [6.45, 7) is 1.88. The Morgan fingerprint density at radius 2 is 1.86 bits per heavy atom. The van der Waals surface area contributed by atoms with Crippen LogP contribution in [0.15, 0.2) is 48.5 Å². The Morgan fingerprint density at radius 1 is 1.14 bits per heavy atom. The van der Waals surface area contributed by atoms with Gasteiger partial charge in [0.1, 0.15) is 13.2 Å². The maximum Gasteiger partial charge on any atom is 0.325 e. The lowest BCUT2D eigenvalue weighted by Crippen LogP contribution is -2.30. The minimum atomic E-state index is -0.490. The van der Waals surface area contributed by atoms with Crippen LogP contribution in [0, 0.1) is 6.92 Å². The van der Waals surface area contributed by atoms with Gasteiger partial charge in [0.25, 0.3) is 5.91 Å². The van der Waals surface area contributed by atoms with Crippen LogP contribution in [0.3, 0.4) is 0 Å². The van der Waals surface area contributed by atoms with E-state index in [2.05, 4.69) is 5.32 Å². The number of carbonyl (C=O) groups is 2. The van der Waals surface area contributed by atoms with E-state index in [4.69, 9.17) is 16.3 Å². The molecular formula is C17H16ClNO3. The molecule has 1 amide bonds. The van der Waals surface area contributed by atoms with Crippen molar-refractivity contribution in [1.29, 1.82) is 0 Å². The summed E-state index contributed by atoms with van der Waals surface area (Å²) in [5.41, 5.74) is 2.34. The molecule has 0 atom stereocenters. The van der Waals surface area contributed by atoms with E-state index in [9.17, 15) is 9.59 Å². The van der Waals surface area contributed by atoms with Crippen LogP contribution >= 0.6 is 11.6 Å². The molecule has 5 heteroatoms. The van der Waals surface area contributed by atoms with E-state index in [1.54, 1.807) is 42.5 Å². The first-order chi connectivity index (χ1) is 10.5. The molecule has 2 aromatic carbocycles. The monoisotopic (exact) mass is 317 g/mol. The third-order valence-corrected chi connectivity index (χ3v) is 3.24. The molecule has 0 saturated heterocycles. The van der Waals surface area contributed by atoms with Gasteiger partial charge in [-0.05, 0) is 36.8 Å². The highest BCUT2D eigenvalue weighted by molar-refractivity contribution is 6.30. The summed E-state index contributed by atoms with van der Waals surface area (Å²) in [6, 6.07) is 14.2. The Morgan fingerprint density at radius 3 is 2.55 bits per heavy atom. The highest BCUT2D eigenvalue weighted by Gasteiger charge is 2.09. The molecule has 2 rings (SSSR count). The van der Waals surface area contributed by atoms with Crippen molar-refractivity contribution in [1.82, 2.24) is 5.32 Å². The Hall–Kier alpha value is -2.33. The van der Waals surface area contributed by atoms with E-state index in [-0.39, 0.29) is 19.1 Å². The zero-order valence-corrected chi connectivity index (χ0v) is 12.9. The fraction of sp³-hybridized carbons (Fsp3) is 0.176. The maximum absolute atomic E-state index is 11.9. The summed E-state index contributed by atoms with van der Waals surface area (Å²) >= 11 is 5.77. The molecule has 0 fully saturated rings. The first kappa shape index (κ1) is 16.0. The summed E-state index contributed by atoms with van der Waals surface area (Å²) in [6.07, 6.45) is 0. The lowest BCUT2D eigenvalue weighted by atomic mass is 10.1. The topological polar surface area (TPSA) is 55.4 Å². The molecular weight excluding hydrogens is 302 g/mol. The van der Waals surface area contributed by atoms with Crippen LogP contribution in [-0.4, -0.2) is 18.4 Å². The number of nitrogens with one attached hydrogen (secondary N) is 1. The highest BCUT2D eigenvalue weighted by atomic mass is 35.5. The van der Waals surface area contributed by atoms with E-state index in [0.717, 1.165) is 11.1 Å². The van der Waals surface area contributed by atoms with Crippen molar-refractivity contribution in [2.24, 2.45) is 0 Å². The molecule has 22 heavy (non-hydrogen) atoms. The first-order valence-corrected chi connectivity index (χ1v) is 7.17. The second-order valence-corrected chi connectivity index (χ2v) is 5.28. The van der Waals surface area contributed by atoms with Gasteiger partial charge in [0, 0.05) is 10.6 Å². The second-order valence-electron chi connectivity index (χ2n) is 4.84. The molecule has 0 aliphatic rings. The Balaban J connectivity index is 1.78. The van der Waals surface area contributed by atoms with Gasteiger partial charge in [-0.15, -0.1) is 0 Å². The average molecular weight is 318 g/mol. The summed E-state index contributed by atoms with van der Waals surface area (Å²) < 4.78 is 5.08. The number of hydrogen-bond donors (Lipinski definition) is 1. The number of esters is 1. The molecule has 114 valence electrons. The van der Waals surface area contributed by atoms with Gasteiger partial charge in [-0.25, -0.2) is 0 Å². The van der Waals surface area contributed by atoms with Crippen molar-refractivity contribution in [3.63, 3.8) is 0 Å². The normalized spacial score (nSPS) is 10.1. The number of amides is 1. The quantitative estimate of drug-likeness (QED) is 0.862. The largest absolute Gasteiger partial charge is 0.460 e. The highest BCUT2D eigenvalue weighted by Crippen LogP contribution is 2.10. The predicted molar refractivity (Wildman–Crippen MR) is 84.8 cm³/mol. The minimum absolute atomic E-state index is 0.149. The molecule has 0 radical (unpaired) electrons. The van der Waals surface area contributed by atoms with Gasteiger partial charge >= 0.3 is 5.97 Å². The van der Waals surface area contributed by atoms with E-state index in [0.29, 0.717) is 10.6 Å². The standard InChI is InChI=1S/C17H16ClNO3/c1-12-3-2-4-14(9-12)17(21)19-10-16(20)22-11-13-5-7-15(18)8-6-13/h2-9H,10-11H2,1H3,(H,19,21). The lowest BCUT2D eigenvalue weighted by molar-refractivity contribution is -0.143. The number of ether oxygens (including phenoxy) is 1. The molecule has 1 N–H and O–H groups in total. The van der Waals surface area contributed by atoms with Crippen molar-refractivity contribution < 1.29 is 14.3 Å². The van der Waals surface area contributed by atoms with E-state index in [1.165, 1.54) is 0 Å². The summed E-state index contributed by atoms with van der Waals surface area (Å²) in [7, 11) is 0. The predicted octanol–water partition coefficient (Wildman–Crippen LogP) is 3.12. The summed E-state index contributed by atoms with van der Waals surface area (Å²) in [5.74, 6) is -0.789. The number of aryl methyl sites for hydroxylation is 1. The lowest BCUT2D eigenvalue weighted by Gasteiger charge is -2.07. The van der Waals surface area contributed by atoms with Crippen molar-refractivity contribution in [2.45, 2.75) is 13.5 Å². The average Bonchev–Trinajstić information content (AvgIpc) is 2.52. The van der Waals surface area contributed by atoms with Gasteiger partial charge < -0.3 is 10.1 Å². The molecule has 0 heterocycles.